The highest BCUT2D eigenvalue weighted by Gasteiger charge is 2.25. The molecule has 0 saturated carbocycles. The van der Waals surface area contributed by atoms with Gasteiger partial charge in [0, 0.05) is 0 Å². The zero-order chi connectivity index (χ0) is 11.7. The summed E-state index contributed by atoms with van der Waals surface area (Å²) in [5, 5.41) is 0. The summed E-state index contributed by atoms with van der Waals surface area (Å²) < 4.78 is 4.71. The molecule has 86 valence electrons. The number of rotatable bonds is 8. The highest BCUT2D eigenvalue weighted by atomic mass is 16.5. The van der Waals surface area contributed by atoms with Crippen LogP contribution in [0.1, 0.15) is 19.3 Å². The summed E-state index contributed by atoms with van der Waals surface area (Å²) >= 11 is 0. The number of amides is 1. The van der Waals surface area contributed by atoms with Gasteiger partial charge in [-0.2, -0.15) is 0 Å². The topological polar surface area (TPSA) is 78.3 Å². The van der Waals surface area contributed by atoms with Crippen LogP contribution in [0.4, 0.5) is 4.79 Å². The van der Waals surface area contributed by atoms with E-state index in [0.717, 1.165) is 12.8 Å². The van der Waals surface area contributed by atoms with E-state index in [-0.39, 0.29) is 12.0 Å². The van der Waals surface area contributed by atoms with Crippen molar-refractivity contribution in [2.75, 3.05) is 13.2 Å². The van der Waals surface area contributed by atoms with Crippen molar-refractivity contribution in [3.8, 4) is 0 Å². The Morgan fingerprint density at radius 2 is 1.87 bits per heavy atom. The molecule has 4 N–H and O–H groups in total. The van der Waals surface area contributed by atoms with Crippen LogP contribution in [-0.4, -0.2) is 19.2 Å². The molecule has 0 aliphatic carbocycles. The van der Waals surface area contributed by atoms with Crippen molar-refractivity contribution in [1.29, 1.82) is 0 Å². The maximum atomic E-state index is 10.4. The zero-order valence-electron chi connectivity index (χ0n) is 9.08. The SMILES string of the molecule is C=CCC(CN)(CC=C)CCOC(N)=O. The summed E-state index contributed by atoms with van der Waals surface area (Å²) in [6.07, 6.45) is 5.11. The first kappa shape index (κ1) is 13.7. The molecule has 0 fully saturated rings. The Bertz CT molecular complexity index is 217. The van der Waals surface area contributed by atoms with E-state index < -0.39 is 6.09 Å². The van der Waals surface area contributed by atoms with Crippen molar-refractivity contribution in [3.05, 3.63) is 25.3 Å². The van der Waals surface area contributed by atoms with Crippen molar-refractivity contribution in [2.24, 2.45) is 16.9 Å². The van der Waals surface area contributed by atoms with Gasteiger partial charge in [-0.1, -0.05) is 12.2 Å². The van der Waals surface area contributed by atoms with Gasteiger partial charge in [-0.3, -0.25) is 0 Å². The van der Waals surface area contributed by atoms with Gasteiger partial charge in [0.2, 0.25) is 0 Å². The summed E-state index contributed by atoms with van der Waals surface area (Å²) in [5.41, 5.74) is 10.5. The van der Waals surface area contributed by atoms with E-state index in [4.69, 9.17) is 16.2 Å². The largest absolute Gasteiger partial charge is 0.450 e. The molecule has 0 unspecified atom stereocenters. The fraction of sp³-hybridized carbons (Fsp3) is 0.545. The van der Waals surface area contributed by atoms with E-state index in [9.17, 15) is 4.79 Å². The van der Waals surface area contributed by atoms with Crippen LogP contribution in [0.5, 0.6) is 0 Å². The molecule has 0 aromatic carbocycles. The maximum Gasteiger partial charge on any atom is 0.404 e. The fourth-order valence-corrected chi connectivity index (χ4v) is 1.54. The second kappa shape index (κ2) is 7.06. The Balaban J connectivity index is 4.25. The number of nitrogens with two attached hydrogens (primary N) is 2. The van der Waals surface area contributed by atoms with Crippen molar-refractivity contribution >= 4 is 6.09 Å². The van der Waals surface area contributed by atoms with Gasteiger partial charge in [-0.05, 0) is 31.2 Å². The first-order valence-corrected chi connectivity index (χ1v) is 4.94. The van der Waals surface area contributed by atoms with Gasteiger partial charge in [-0.25, -0.2) is 4.79 Å². The summed E-state index contributed by atoms with van der Waals surface area (Å²) in [7, 11) is 0. The Labute approximate surface area is 91.0 Å². The number of allylic oxidation sites excluding steroid dienone is 2. The average molecular weight is 212 g/mol. The third-order valence-electron chi connectivity index (χ3n) is 2.46. The van der Waals surface area contributed by atoms with E-state index in [2.05, 4.69) is 13.2 Å². The molecule has 4 nitrogen and oxygen atoms in total. The van der Waals surface area contributed by atoms with Crippen LogP contribution in [0.3, 0.4) is 0 Å². The molecule has 0 spiro atoms. The van der Waals surface area contributed by atoms with E-state index in [1.807, 2.05) is 12.2 Å². The number of carbonyl (C=O) groups is 1. The minimum absolute atomic E-state index is 0.112. The van der Waals surface area contributed by atoms with Gasteiger partial charge in [0.05, 0.1) is 6.61 Å². The monoisotopic (exact) mass is 212 g/mol. The highest BCUT2D eigenvalue weighted by Crippen LogP contribution is 2.30. The Kier molecular flexibility index (Phi) is 6.45. The van der Waals surface area contributed by atoms with Crippen LogP contribution in [0.2, 0.25) is 0 Å². The number of carbonyl (C=O) groups excluding carboxylic acids is 1. The van der Waals surface area contributed by atoms with Gasteiger partial charge in [0.25, 0.3) is 0 Å². The van der Waals surface area contributed by atoms with Crippen molar-refractivity contribution in [2.45, 2.75) is 19.3 Å². The maximum absolute atomic E-state index is 10.4. The zero-order valence-corrected chi connectivity index (χ0v) is 9.08. The first-order valence-electron chi connectivity index (χ1n) is 4.94. The normalized spacial score (nSPS) is 10.7. The van der Waals surface area contributed by atoms with Crippen LogP contribution in [0.15, 0.2) is 25.3 Å². The molecule has 0 aromatic heterocycles. The molecule has 0 aromatic rings. The molecule has 0 atom stereocenters. The molecule has 0 radical (unpaired) electrons. The van der Waals surface area contributed by atoms with Crippen molar-refractivity contribution in [1.82, 2.24) is 0 Å². The van der Waals surface area contributed by atoms with E-state index in [1.54, 1.807) is 0 Å². The third-order valence-corrected chi connectivity index (χ3v) is 2.46. The molecule has 0 rings (SSSR count). The lowest BCUT2D eigenvalue weighted by molar-refractivity contribution is 0.131. The molecule has 1 amide bonds. The predicted octanol–water partition coefficient (Wildman–Crippen LogP) is 1.57. The van der Waals surface area contributed by atoms with Gasteiger partial charge in [-0.15, -0.1) is 13.2 Å². The summed E-state index contributed by atoms with van der Waals surface area (Å²) in [6, 6.07) is 0. The molecule has 0 bridgehead atoms. The smallest absolute Gasteiger partial charge is 0.404 e. The van der Waals surface area contributed by atoms with Crippen LogP contribution in [-0.2, 0) is 4.74 Å². The molecule has 4 heteroatoms. The van der Waals surface area contributed by atoms with Gasteiger partial charge >= 0.3 is 6.09 Å². The van der Waals surface area contributed by atoms with Gasteiger partial charge in [0.1, 0.15) is 0 Å². The highest BCUT2D eigenvalue weighted by molar-refractivity contribution is 5.64. The lowest BCUT2D eigenvalue weighted by Crippen LogP contribution is -2.31. The molecular weight excluding hydrogens is 192 g/mol. The predicted molar refractivity (Wildman–Crippen MR) is 61.3 cm³/mol. The molecule has 0 heterocycles. The molecule has 0 aliphatic rings. The third kappa shape index (κ3) is 5.22. The standard InChI is InChI=1S/C11H20N2O2/c1-3-5-11(9-12,6-4-2)7-8-15-10(13)14/h3-4H,1-2,5-9,12H2,(H2,13,14). The molecule has 0 saturated heterocycles. The first-order chi connectivity index (χ1) is 7.10. The Hall–Kier alpha value is -1.29. The summed E-state index contributed by atoms with van der Waals surface area (Å²) in [5.74, 6) is 0. The van der Waals surface area contributed by atoms with Gasteiger partial charge in [0.15, 0.2) is 0 Å². The van der Waals surface area contributed by atoms with Gasteiger partial charge < -0.3 is 16.2 Å². The van der Waals surface area contributed by atoms with Crippen molar-refractivity contribution < 1.29 is 9.53 Å². The lowest BCUT2D eigenvalue weighted by Gasteiger charge is -2.30. The van der Waals surface area contributed by atoms with Crippen LogP contribution in [0.25, 0.3) is 0 Å². The quantitative estimate of drug-likeness (QED) is 0.599. The summed E-state index contributed by atoms with van der Waals surface area (Å²) in [6.45, 7) is 8.19. The Morgan fingerprint density at radius 1 is 1.33 bits per heavy atom. The minimum Gasteiger partial charge on any atom is -0.450 e. The van der Waals surface area contributed by atoms with Crippen LogP contribution < -0.4 is 11.5 Å². The summed E-state index contributed by atoms with van der Waals surface area (Å²) in [4.78, 5) is 10.4. The molecular formula is C11H20N2O2. The van der Waals surface area contributed by atoms with Crippen molar-refractivity contribution in [3.63, 3.8) is 0 Å². The number of hydrogen-bond acceptors (Lipinski definition) is 3. The van der Waals surface area contributed by atoms with Crippen LogP contribution >= 0.6 is 0 Å². The van der Waals surface area contributed by atoms with E-state index >= 15 is 0 Å². The minimum atomic E-state index is -0.752. The average Bonchev–Trinajstić information content (AvgIpc) is 2.17. The van der Waals surface area contributed by atoms with E-state index in [0.29, 0.717) is 13.0 Å². The second-order valence-electron chi connectivity index (χ2n) is 3.61. The number of hydrogen-bond donors (Lipinski definition) is 2. The molecule has 0 aliphatic heterocycles. The lowest BCUT2D eigenvalue weighted by atomic mass is 9.78. The number of ether oxygens (including phenoxy) is 1. The molecule has 15 heavy (non-hydrogen) atoms. The Morgan fingerprint density at radius 3 is 2.20 bits per heavy atom. The van der Waals surface area contributed by atoms with Crippen LogP contribution in [0, 0.1) is 5.41 Å². The van der Waals surface area contributed by atoms with E-state index in [1.165, 1.54) is 0 Å². The fourth-order valence-electron chi connectivity index (χ4n) is 1.54. The number of primary amides is 1. The second-order valence-corrected chi connectivity index (χ2v) is 3.61.